The van der Waals surface area contributed by atoms with Crippen molar-refractivity contribution in [2.24, 2.45) is 39.2 Å². The number of amides is 1. The molecule has 1 saturated carbocycles. The number of nitrogens with one attached hydrogen (secondary N) is 1. The Bertz CT molecular complexity index is 873. The van der Waals surface area contributed by atoms with E-state index in [1.54, 1.807) is 24.3 Å². The van der Waals surface area contributed by atoms with E-state index < -0.39 is 17.4 Å². The first kappa shape index (κ1) is 24.4. The van der Waals surface area contributed by atoms with Crippen LogP contribution < -0.4 is 11.5 Å². The predicted molar refractivity (Wildman–Crippen MR) is 129 cm³/mol. The van der Waals surface area contributed by atoms with Crippen LogP contribution in [0.15, 0.2) is 34.3 Å². The van der Waals surface area contributed by atoms with Gasteiger partial charge in [-0.15, -0.1) is 0 Å². The zero-order valence-electron chi connectivity index (χ0n) is 18.6. The quantitative estimate of drug-likeness (QED) is 0.349. The van der Waals surface area contributed by atoms with Crippen LogP contribution in [0.4, 0.5) is 5.69 Å². The minimum atomic E-state index is -0.919. The Hall–Kier alpha value is -2.29. The molecule has 4 atom stereocenters. The molecule has 4 unspecified atom stereocenters. The number of nitrogens with zero attached hydrogens (tertiary/aromatic N) is 3. The fourth-order valence-corrected chi connectivity index (χ4v) is 4.47. The highest BCUT2D eigenvalue weighted by molar-refractivity contribution is 6.30. The highest BCUT2D eigenvalue weighted by Gasteiger charge is 2.42. The van der Waals surface area contributed by atoms with Gasteiger partial charge in [0.2, 0.25) is 5.91 Å². The summed E-state index contributed by atoms with van der Waals surface area (Å²) in [4.78, 5) is 23.3. The van der Waals surface area contributed by atoms with Crippen LogP contribution >= 0.6 is 11.6 Å². The number of aliphatic hydroxyl groups is 1. The summed E-state index contributed by atoms with van der Waals surface area (Å²) in [6.45, 7) is 5.48. The Labute approximate surface area is 194 Å². The molecule has 0 radical (unpaired) electrons. The lowest BCUT2D eigenvalue weighted by atomic mass is 9.77. The van der Waals surface area contributed by atoms with Crippen LogP contribution in [0.25, 0.3) is 0 Å². The lowest BCUT2D eigenvalue weighted by molar-refractivity contribution is -0.118. The first-order valence-electron chi connectivity index (χ1n) is 11.0. The Kier molecular flexibility index (Phi) is 7.69. The van der Waals surface area contributed by atoms with Gasteiger partial charge in [-0.2, -0.15) is 0 Å². The molecule has 1 aliphatic carbocycles. The average molecular weight is 461 g/mol. The van der Waals surface area contributed by atoms with Gasteiger partial charge in [0.25, 0.3) is 0 Å². The zero-order chi connectivity index (χ0) is 23.5. The van der Waals surface area contributed by atoms with Crippen LogP contribution in [0.2, 0.25) is 5.02 Å². The van der Waals surface area contributed by atoms with Crippen molar-refractivity contribution in [2.75, 3.05) is 13.1 Å². The lowest BCUT2D eigenvalue weighted by Crippen LogP contribution is -2.60. The molecule has 174 valence electrons. The van der Waals surface area contributed by atoms with E-state index in [1.807, 2.05) is 13.8 Å². The topological polar surface area (TPSA) is 141 Å². The second-order valence-corrected chi connectivity index (χ2v) is 9.80. The maximum Gasteiger partial charge on any atom is 0.233 e. The highest BCUT2D eigenvalue weighted by atomic mass is 35.5. The summed E-state index contributed by atoms with van der Waals surface area (Å²) >= 11 is 5.89. The molecule has 1 heterocycles. The first-order chi connectivity index (χ1) is 15.1. The van der Waals surface area contributed by atoms with E-state index in [0.717, 1.165) is 32.4 Å². The normalized spacial score (nSPS) is 26.6. The Morgan fingerprint density at radius 3 is 2.50 bits per heavy atom. The second-order valence-electron chi connectivity index (χ2n) is 9.36. The largest absolute Gasteiger partial charge is 0.390 e. The number of carbonyl (C=O) groups excluding carboxylic acids is 1. The fourth-order valence-electron chi connectivity index (χ4n) is 4.35. The average Bonchev–Trinajstić information content (AvgIpc) is 2.68. The van der Waals surface area contributed by atoms with E-state index in [9.17, 15) is 9.90 Å². The summed E-state index contributed by atoms with van der Waals surface area (Å²) in [6.07, 6.45) is 5.53. The first-order valence-corrected chi connectivity index (χ1v) is 11.4. The number of rotatable bonds is 8. The van der Waals surface area contributed by atoms with Gasteiger partial charge in [-0.1, -0.05) is 11.6 Å². The maximum atomic E-state index is 12.0. The summed E-state index contributed by atoms with van der Waals surface area (Å²) < 4.78 is 0. The SMILES string of the molecule is CC(C)(O)C1CN(C2CCC(N=CC(C(N)=O)C(N)=Nc3ccc(Cl)cc3)C(C=N)C2)C1. The van der Waals surface area contributed by atoms with Gasteiger partial charge in [0.15, 0.2) is 0 Å². The van der Waals surface area contributed by atoms with E-state index in [1.165, 1.54) is 12.4 Å². The number of halogens is 1. The summed E-state index contributed by atoms with van der Waals surface area (Å²) in [5.41, 5.74) is 11.5. The molecule has 2 aliphatic rings. The van der Waals surface area contributed by atoms with E-state index in [4.69, 9.17) is 28.5 Å². The van der Waals surface area contributed by atoms with Crippen LogP contribution in [0, 0.1) is 23.2 Å². The standard InChI is InChI=1S/C23H33ClN6O2/c1-23(2,32)15-12-30(13-15)18-7-8-20(14(9-18)10-25)28-11-19(22(27)31)21(26)29-17-5-3-16(24)4-6-17/h3-6,10-11,14-15,18-20,25,32H,7-9,12-13H2,1-2H3,(H2,26,29)(H2,27,31). The van der Waals surface area contributed by atoms with Crippen molar-refractivity contribution < 1.29 is 9.90 Å². The van der Waals surface area contributed by atoms with Crippen molar-refractivity contribution in [1.29, 1.82) is 5.41 Å². The van der Waals surface area contributed by atoms with Gasteiger partial charge in [-0.3, -0.25) is 14.7 Å². The molecule has 0 spiro atoms. The van der Waals surface area contributed by atoms with Gasteiger partial charge in [-0.05, 0) is 57.4 Å². The van der Waals surface area contributed by atoms with Crippen molar-refractivity contribution in [3.8, 4) is 0 Å². The zero-order valence-corrected chi connectivity index (χ0v) is 19.4. The van der Waals surface area contributed by atoms with Gasteiger partial charge < -0.3 is 22.0 Å². The van der Waals surface area contributed by atoms with Crippen molar-refractivity contribution in [2.45, 2.75) is 50.8 Å². The molecule has 6 N–H and O–H groups in total. The molecule has 1 aromatic rings. The number of hydrogen-bond acceptors (Lipinski definition) is 6. The van der Waals surface area contributed by atoms with E-state index in [-0.39, 0.29) is 23.7 Å². The summed E-state index contributed by atoms with van der Waals surface area (Å²) in [7, 11) is 0. The van der Waals surface area contributed by atoms with E-state index in [2.05, 4.69) is 14.9 Å². The molecule has 8 nitrogen and oxygen atoms in total. The Morgan fingerprint density at radius 2 is 1.94 bits per heavy atom. The fraction of sp³-hybridized carbons (Fsp3) is 0.565. The van der Waals surface area contributed by atoms with Gasteiger partial charge in [0.05, 0.1) is 17.3 Å². The highest BCUT2D eigenvalue weighted by Crippen LogP contribution is 2.35. The smallest absolute Gasteiger partial charge is 0.233 e. The van der Waals surface area contributed by atoms with Crippen molar-refractivity contribution in [1.82, 2.24) is 4.90 Å². The molecule has 1 amide bonds. The Balaban J connectivity index is 1.63. The third-order valence-electron chi connectivity index (χ3n) is 6.61. The molecule has 1 saturated heterocycles. The molecular formula is C23H33ClN6O2. The number of carbonyl (C=O) groups is 1. The van der Waals surface area contributed by atoms with E-state index in [0.29, 0.717) is 16.8 Å². The van der Waals surface area contributed by atoms with Gasteiger partial charge in [-0.25, -0.2) is 4.99 Å². The van der Waals surface area contributed by atoms with E-state index >= 15 is 0 Å². The van der Waals surface area contributed by atoms with Gasteiger partial charge >= 0.3 is 0 Å². The molecular weight excluding hydrogens is 428 g/mol. The summed E-state index contributed by atoms with van der Waals surface area (Å²) in [5, 5.41) is 18.6. The number of amidine groups is 1. The summed E-state index contributed by atoms with van der Waals surface area (Å²) in [5.74, 6) is -1.20. The van der Waals surface area contributed by atoms with Crippen LogP contribution in [-0.4, -0.2) is 65.0 Å². The molecule has 2 fully saturated rings. The molecule has 1 aliphatic heterocycles. The summed E-state index contributed by atoms with van der Waals surface area (Å²) in [6, 6.07) is 7.08. The van der Waals surface area contributed by atoms with Crippen molar-refractivity contribution in [3.05, 3.63) is 29.3 Å². The number of nitrogens with two attached hydrogens (primary N) is 2. The van der Waals surface area contributed by atoms with Crippen LogP contribution in [0.1, 0.15) is 33.1 Å². The minimum absolute atomic E-state index is 0.0193. The van der Waals surface area contributed by atoms with Gasteiger partial charge in [0, 0.05) is 48.4 Å². The molecule has 3 rings (SSSR count). The molecule has 0 bridgehead atoms. The van der Waals surface area contributed by atoms with Gasteiger partial charge in [0.1, 0.15) is 11.8 Å². The second kappa shape index (κ2) is 10.1. The molecule has 1 aromatic carbocycles. The molecule has 9 heteroatoms. The monoisotopic (exact) mass is 460 g/mol. The minimum Gasteiger partial charge on any atom is -0.390 e. The number of primary amides is 1. The van der Waals surface area contributed by atoms with Crippen LogP contribution in [0.5, 0.6) is 0 Å². The molecule has 0 aromatic heterocycles. The van der Waals surface area contributed by atoms with Crippen molar-refractivity contribution in [3.63, 3.8) is 0 Å². The number of aliphatic imine (C=N–C) groups is 2. The number of benzene rings is 1. The van der Waals surface area contributed by atoms with Crippen LogP contribution in [0.3, 0.4) is 0 Å². The maximum absolute atomic E-state index is 12.0. The lowest BCUT2D eigenvalue weighted by Gasteiger charge is -2.51. The molecule has 32 heavy (non-hydrogen) atoms. The van der Waals surface area contributed by atoms with Crippen molar-refractivity contribution >= 4 is 41.5 Å². The third kappa shape index (κ3) is 5.94. The Morgan fingerprint density at radius 1 is 1.28 bits per heavy atom. The predicted octanol–water partition coefficient (Wildman–Crippen LogP) is 2.39. The third-order valence-corrected chi connectivity index (χ3v) is 6.86. The number of hydrogen-bond donors (Lipinski definition) is 4. The number of likely N-dealkylation sites (tertiary alicyclic amines) is 1. The van der Waals surface area contributed by atoms with Crippen LogP contribution in [-0.2, 0) is 4.79 Å².